The van der Waals surface area contributed by atoms with Gasteiger partial charge in [-0.2, -0.15) is 13.2 Å². The molecule has 0 heterocycles. The number of halogens is 4. The normalized spacial score (nSPS) is 21.4. The monoisotopic (exact) mass is 347 g/mol. The van der Waals surface area contributed by atoms with Crippen LogP contribution < -0.4 is 16.4 Å². The van der Waals surface area contributed by atoms with Gasteiger partial charge in [0, 0.05) is 13.6 Å². The van der Waals surface area contributed by atoms with Crippen molar-refractivity contribution in [1.29, 1.82) is 0 Å². The molecule has 2 rings (SSSR count). The Morgan fingerprint density at radius 2 is 1.88 bits per heavy atom. The van der Waals surface area contributed by atoms with Gasteiger partial charge in [0.2, 0.25) is 0 Å². The quantitative estimate of drug-likeness (QED) is 0.576. The summed E-state index contributed by atoms with van der Waals surface area (Å²) in [4.78, 5) is 12.1. The van der Waals surface area contributed by atoms with Gasteiger partial charge in [0.05, 0.1) is 22.9 Å². The van der Waals surface area contributed by atoms with Crippen molar-refractivity contribution in [1.82, 2.24) is 5.32 Å². The highest BCUT2D eigenvalue weighted by molar-refractivity contribution is 5.96. The smallest absolute Gasteiger partial charge is 0.391 e. The number of rotatable bonds is 4. The average molecular weight is 347 g/mol. The van der Waals surface area contributed by atoms with E-state index in [0.29, 0.717) is 18.5 Å². The summed E-state index contributed by atoms with van der Waals surface area (Å²) in [5, 5.41) is 5.31. The molecule has 0 bridgehead atoms. The Labute approximate surface area is 137 Å². The summed E-state index contributed by atoms with van der Waals surface area (Å²) >= 11 is 0. The van der Waals surface area contributed by atoms with Crippen molar-refractivity contribution in [3.8, 4) is 0 Å². The van der Waals surface area contributed by atoms with Gasteiger partial charge in [-0.3, -0.25) is 4.79 Å². The number of benzene rings is 1. The van der Waals surface area contributed by atoms with E-state index in [4.69, 9.17) is 5.73 Å². The van der Waals surface area contributed by atoms with Gasteiger partial charge in [0.1, 0.15) is 5.82 Å². The molecule has 4 nitrogen and oxygen atoms in total. The Morgan fingerprint density at radius 3 is 2.42 bits per heavy atom. The number of amides is 1. The van der Waals surface area contributed by atoms with Crippen molar-refractivity contribution in [3.05, 3.63) is 23.5 Å². The molecule has 24 heavy (non-hydrogen) atoms. The Morgan fingerprint density at radius 1 is 1.25 bits per heavy atom. The number of hydrogen-bond acceptors (Lipinski definition) is 3. The van der Waals surface area contributed by atoms with E-state index in [9.17, 15) is 22.4 Å². The standard InChI is InChI=1S/C16H21F4N3O/c1-22-14-7-12(17)11(6-13(14)21)15(24)23-8-9-2-4-10(5-3-9)16(18,19)20/h6-7,9-10,22H,2-5,8,21H2,1H3,(H,23,24). The fraction of sp³-hybridized carbons (Fsp3) is 0.562. The lowest BCUT2D eigenvalue weighted by Gasteiger charge is -2.29. The third-order valence-electron chi connectivity index (χ3n) is 4.51. The van der Waals surface area contributed by atoms with Crippen LogP contribution in [0.25, 0.3) is 0 Å². The van der Waals surface area contributed by atoms with E-state index in [1.807, 2.05) is 0 Å². The van der Waals surface area contributed by atoms with Crippen LogP contribution in [-0.4, -0.2) is 25.7 Å². The summed E-state index contributed by atoms with van der Waals surface area (Å²) in [7, 11) is 1.59. The first-order valence-corrected chi connectivity index (χ1v) is 7.84. The van der Waals surface area contributed by atoms with Crippen LogP contribution >= 0.6 is 0 Å². The number of carbonyl (C=O) groups excluding carboxylic acids is 1. The van der Waals surface area contributed by atoms with E-state index in [1.54, 1.807) is 7.05 Å². The van der Waals surface area contributed by atoms with Crippen molar-refractivity contribution in [2.45, 2.75) is 31.9 Å². The first-order chi connectivity index (χ1) is 11.2. The maximum Gasteiger partial charge on any atom is 0.391 e. The molecular weight excluding hydrogens is 326 g/mol. The SMILES string of the molecule is CNc1cc(F)c(C(=O)NCC2CCC(C(F)(F)F)CC2)cc1N. The van der Waals surface area contributed by atoms with E-state index >= 15 is 0 Å². The highest BCUT2D eigenvalue weighted by atomic mass is 19.4. The lowest BCUT2D eigenvalue weighted by atomic mass is 9.81. The molecule has 0 spiro atoms. The van der Waals surface area contributed by atoms with Gasteiger partial charge in [-0.05, 0) is 43.7 Å². The zero-order valence-corrected chi connectivity index (χ0v) is 13.3. The van der Waals surface area contributed by atoms with Crippen LogP contribution in [0.3, 0.4) is 0 Å². The molecule has 1 aliphatic carbocycles. The lowest BCUT2D eigenvalue weighted by Crippen LogP contribution is -2.34. The van der Waals surface area contributed by atoms with Crippen molar-refractivity contribution in [2.75, 3.05) is 24.6 Å². The predicted octanol–water partition coefficient (Wildman–Crippen LogP) is 3.55. The number of nitrogen functional groups attached to an aromatic ring is 1. The molecule has 4 N–H and O–H groups in total. The van der Waals surface area contributed by atoms with Gasteiger partial charge in [-0.15, -0.1) is 0 Å². The number of carbonyl (C=O) groups is 1. The highest BCUT2D eigenvalue weighted by Gasteiger charge is 2.41. The van der Waals surface area contributed by atoms with Gasteiger partial charge in [0.25, 0.3) is 5.91 Å². The summed E-state index contributed by atoms with van der Waals surface area (Å²) in [5.74, 6) is -2.59. The molecule has 1 fully saturated rings. The van der Waals surface area contributed by atoms with Crippen molar-refractivity contribution >= 4 is 17.3 Å². The molecule has 0 saturated heterocycles. The van der Waals surface area contributed by atoms with Crippen molar-refractivity contribution in [3.63, 3.8) is 0 Å². The fourth-order valence-electron chi connectivity index (χ4n) is 3.01. The van der Waals surface area contributed by atoms with Crippen LogP contribution in [0.5, 0.6) is 0 Å². The van der Waals surface area contributed by atoms with Crippen LogP contribution in [0.4, 0.5) is 28.9 Å². The van der Waals surface area contributed by atoms with Crippen molar-refractivity contribution in [2.24, 2.45) is 11.8 Å². The molecule has 1 aliphatic rings. The Hall–Kier alpha value is -1.99. The molecule has 0 aliphatic heterocycles. The summed E-state index contributed by atoms with van der Waals surface area (Å²) in [6, 6.07) is 2.38. The van der Waals surface area contributed by atoms with Crippen LogP contribution in [0.2, 0.25) is 0 Å². The second kappa shape index (κ2) is 7.27. The number of hydrogen-bond donors (Lipinski definition) is 3. The van der Waals surface area contributed by atoms with Crippen LogP contribution in [-0.2, 0) is 0 Å². The van der Waals surface area contributed by atoms with Crippen LogP contribution in [0, 0.1) is 17.7 Å². The van der Waals surface area contributed by atoms with E-state index in [0.717, 1.165) is 6.07 Å². The Kier molecular flexibility index (Phi) is 5.56. The molecule has 1 aromatic carbocycles. The molecule has 0 aromatic heterocycles. The maximum absolute atomic E-state index is 13.9. The summed E-state index contributed by atoms with van der Waals surface area (Å²) in [5.41, 5.74) is 6.18. The van der Waals surface area contributed by atoms with Gasteiger partial charge in [0.15, 0.2) is 0 Å². The molecule has 0 unspecified atom stereocenters. The van der Waals surface area contributed by atoms with E-state index < -0.39 is 23.8 Å². The zero-order valence-electron chi connectivity index (χ0n) is 13.3. The van der Waals surface area contributed by atoms with E-state index in [2.05, 4.69) is 10.6 Å². The van der Waals surface area contributed by atoms with Gasteiger partial charge >= 0.3 is 6.18 Å². The molecule has 1 aromatic rings. The number of nitrogens with one attached hydrogen (secondary N) is 2. The minimum Gasteiger partial charge on any atom is -0.397 e. The Balaban J connectivity index is 1.90. The summed E-state index contributed by atoms with van der Waals surface area (Å²) in [6.07, 6.45) is -3.21. The summed E-state index contributed by atoms with van der Waals surface area (Å²) < 4.78 is 51.8. The molecular formula is C16H21F4N3O. The fourth-order valence-corrected chi connectivity index (χ4v) is 3.01. The Bertz CT molecular complexity index is 596. The first kappa shape index (κ1) is 18.4. The minimum absolute atomic E-state index is 0.0236. The molecule has 0 atom stereocenters. The van der Waals surface area contributed by atoms with Crippen LogP contribution in [0.15, 0.2) is 12.1 Å². The number of alkyl halides is 3. The topological polar surface area (TPSA) is 67.2 Å². The predicted molar refractivity (Wildman–Crippen MR) is 84.2 cm³/mol. The second-order valence-electron chi connectivity index (χ2n) is 6.14. The molecule has 1 amide bonds. The third-order valence-corrected chi connectivity index (χ3v) is 4.51. The molecule has 1 saturated carbocycles. The number of nitrogens with two attached hydrogens (primary N) is 1. The maximum atomic E-state index is 13.9. The van der Waals surface area contributed by atoms with Crippen molar-refractivity contribution < 1.29 is 22.4 Å². The zero-order chi connectivity index (χ0) is 17.9. The first-order valence-electron chi connectivity index (χ1n) is 7.84. The second-order valence-corrected chi connectivity index (χ2v) is 6.14. The van der Waals surface area contributed by atoms with Crippen LogP contribution in [0.1, 0.15) is 36.0 Å². The van der Waals surface area contributed by atoms with E-state index in [1.165, 1.54) is 6.07 Å². The molecule has 0 radical (unpaired) electrons. The third kappa shape index (κ3) is 4.30. The van der Waals surface area contributed by atoms with E-state index in [-0.39, 0.29) is 36.6 Å². The highest BCUT2D eigenvalue weighted by Crippen LogP contribution is 2.39. The van der Waals surface area contributed by atoms with Gasteiger partial charge < -0.3 is 16.4 Å². The lowest BCUT2D eigenvalue weighted by molar-refractivity contribution is -0.183. The minimum atomic E-state index is -4.15. The molecule has 8 heteroatoms. The molecule has 134 valence electrons. The van der Waals surface area contributed by atoms with Gasteiger partial charge in [-0.1, -0.05) is 0 Å². The average Bonchev–Trinajstić information content (AvgIpc) is 2.53. The number of anilines is 2. The van der Waals surface area contributed by atoms with Gasteiger partial charge in [-0.25, -0.2) is 4.39 Å². The largest absolute Gasteiger partial charge is 0.397 e. The summed E-state index contributed by atoms with van der Waals surface area (Å²) in [6.45, 7) is 0.233.